The number of halogens is 1. The second-order valence-electron chi connectivity index (χ2n) is 14.0. The van der Waals surface area contributed by atoms with Crippen LogP contribution in [0.15, 0.2) is 91.3 Å². The van der Waals surface area contributed by atoms with E-state index in [9.17, 15) is 25.1 Å². The second kappa shape index (κ2) is 20.4. The first-order valence-corrected chi connectivity index (χ1v) is 19.0. The second-order valence-corrected chi connectivity index (χ2v) is 14.4. The fourth-order valence-electron chi connectivity index (χ4n) is 6.62. The predicted molar refractivity (Wildman–Crippen MR) is 217 cm³/mol. The Balaban J connectivity index is 1.31. The number of rotatable bonds is 20. The molecule has 0 spiro atoms. The number of hydrogen-bond acceptors (Lipinski definition) is 9. The highest BCUT2D eigenvalue weighted by molar-refractivity contribution is 6.32. The summed E-state index contributed by atoms with van der Waals surface area (Å²) in [7, 11) is 0. The molecule has 0 aliphatic rings. The quantitative estimate of drug-likeness (QED) is 0.0519. The van der Waals surface area contributed by atoms with Gasteiger partial charge in [-0.15, -0.1) is 0 Å². The van der Waals surface area contributed by atoms with Crippen molar-refractivity contribution in [1.29, 1.82) is 5.26 Å². The Morgan fingerprint density at radius 2 is 1.46 bits per heavy atom. The lowest BCUT2D eigenvalue weighted by atomic mass is 9.89. The van der Waals surface area contributed by atoms with Crippen LogP contribution in [0.4, 0.5) is 0 Å². The number of aliphatic carboxylic acids is 2. The number of aromatic nitrogens is 1. The molecule has 0 unspecified atom stereocenters. The van der Waals surface area contributed by atoms with E-state index in [-0.39, 0.29) is 32.6 Å². The van der Waals surface area contributed by atoms with Gasteiger partial charge in [0.05, 0.1) is 35.6 Å². The molecule has 0 bridgehead atoms. The van der Waals surface area contributed by atoms with Gasteiger partial charge in [0.1, 0.15) is 30.8 Å². The number of nitrogens with zero attached hydrogens (tertiary/aromatic N) is 2. The van der Waals surface area contributed by atoms with Crippen molar-refractivity contribution in [2.75, 3.05) is 6.54 Å². The van der Waals surface area contributed by atoms with Crippen LogP contribution in [0.25, 0.3) is 22.3 Å². The first-order valence-electron chi connectivity index (χ1n) is 18.6. The molecule has 0 aliphatic carbocycles. The minimum atomic E-state index is -1.06. The van der Waals surface area contributed by atoms with E-state index in [4.69, 9.17) is 31.3 Å². The molecule has 0 aliphatic heterocycles. The lowest BCUT2D eigenvalue weighted by Crippen LogP contribution is -2.28. The van der Waals surface area contributed by atoms with Crippen molar-refractivity contribution in [3.63, 3.8) is 0 Å². The van der Waals surface area contributed by atoms with Crippen molar-refractivity contribution in [3.05, 3.63) is 135 Å². The van der Waals surface area contributed by atoms with Crippen molar-refractivity contribution >= 4 is 23.5 Å². The van der Waals surface area contributed by atoms with Crippen LogP contribution in [0.2, 0.25) is 5.02 Å². The Hall–Kier alpha value is -5.77. The van der Waals surface area contributed by atoms with Gasteiger partial charge in [-0.3, -0.25) is 14.6 Å². The molecule has 1 aromatic heterocycles. The minimum absolute atomic E-state index is 0.139. The first-order chi connectivity index (χ1) is 27.4. The molecular formula is C45H46ClN3O8. The van der Waals surface area contributed by atoms with Gasteiger partial charge in [-0.2, -0.15) is 5.26 Å². The summed E-state index contributed by atoms with van der Waals surface area (Å²) in [5.74, 6) is -1.16. The number of nitrogens with one attached hydrogen (secondary N) is 1. The fourth-order valence-corrected chi connectivity index (χ4v) is 6.86. The molecule has 5 aromatic rings. The topological polar surface area (TPSA) is 182 Å². The molecule has 12 heteroatoms. The molecule has 0 radical (unpaired) electrons. The molecule has 5 rings (SSSR count). The van der Waals surface area contributed by atoms with Gasteiger partial charge in [-0.25, -0.2) is 0 Å². The van der Waals surface area contributed by atoms with Crippen LogP contribution < -0.4 is 14.8 Å². The molecule has 2 atom stereocenters. The zero-order chi connectivity index (χ0) is 40.9. The summed E-state index contributed by atoms with van der Waals surface area (Å²) >= 11 is 6.77. The van der Waals surface area contributed by atoms with E-state index in [0.29, 0.717) is 53.5 Å². The smallest absolute Gasteiger partial charge is 0.306 e. The molecule has 1 heterocycles. The maximum atomic E-state index is 11.0. The molecule has 0 saturated heterocycles. The maximum Gasteiger partial charge on any atom is 0.306 e. The van der Waals surface area contributed by atoms with Crippen molar-refractivity contribution in [1.82, 2.24) is 10.3 Å². The third-order valence-corrected chi connectivity index (χ3v) is 9.96. The zero-order valence-corrected chi connectivity index (χ0v) is 32.6. The number of hydrogen-bond donors (Lipinski definition) is 5. The molecular weight excluding hydrogens is 746 g/mol. The molecule has 296 valence electrons. The third-order valence-electron chi connectivity index (χ3n) is 9.66. The first kappa shape index (κ1) is 42.4. The highest BCUT2D eigenvalue weighted by Gasteiger charge is 2.17. The molecule has 11 nitrogen and oxygen atoms in total. The van der Waals surface area contributed by atoms with Crippen LogP contribution in [0.1, 0.15) is 64.6 Å². The average molecular weight is 792 g/mol. The number of ether oxygens (including phenoxy) is 2. The van der Waals surface area contributed by atoms with Crippen molar-refractivity contribution in [2.24, 2.45) is 0 Å². The van der Waals surface area contributed by atoms with E-state index in [1.807, 2.05) is 30.3 Å². The third kappa shape index (κ3) is 12.1. The Kier molecular flexibility index (Phi) is 15.2. The monoisotopic (exact) mass is 791 g/mol. The largest absolute Gasteiger partial charge is 0.488 e. The normalized spacial score (nSPS) is 12.1. The van der Waals surface area contributed by atoms with E-state index >= 15 is 0 Å². The van der Waals surface area contributed by atoms with Crippen LogP contribution in [-0.2, 0) is 35.8 Å². The molecule has 0 saturated carbocycles. The van der Waals surface area contributed by atoms with Crippen LogP contribution in [0.3, 0.4) is 0 Å². The average Bonchev–Trinajstić information content (AvgIpc) is 3.17. The summed E-state index contributed by atoms with van der Waals surface area (Å²) in [6, 6.07) is 27.8. The highest BCUT2D eigenvalue weighted by Crippen LogP contribution is 2.37. The number of pyridine rings is 1. The Morgan fingerprint density at radius 1 is 0.789 bits per heavy atom. The van der Waals surface area contributed by atoms with E-state index in [2.05, 4.69) is 60.5 Å². The number of benzene rings is 4. The van der Waals surface area contributed by atoms with Gasteiger partial charge in [0.15, 0.2) is 0 Å². The summed E-state index contributed by atoms with van der Waals surface area (Å²) in [6.45, 7) is 5.24. The summed E-state index contributed by atoms with van der Waals surface area (Å²) in [4.78, 5) is 25.9. The van der Waals surface area contributed by atoms with Gasteiger partial charge in [-0.1, -0.05) is 72.3 Å². The van der Waals surface area contributed by atoms with E-state index in [1.165, 1.54) is 6.20 Å². The van der Waals surface area contributed by atoms with E-state index < -0.39 is 24.1 Å². The number of aliphatic hydroxyl groups is 2. The van der Waals surface area contributed by atoms with Crippen molar-refractivity contribution < 1.29 is 39.5 Å². The minimum Gasteiger partial charge on any atom is -0.488 e. The van der Waals surface area contributed by atoms with Crippen molar-refractivity contribution in [3.8, 4) is 39.8 Å². The van der Waals surface area contributed by atoms with Gasteiger partial charge >= 0.3 is 11.9 Å². The van der Waals surface area contributed by atoms with Crippen LogP contribution in [0.5, 0.6) is 11.5 Å². The molecule has 5 N–H and O–H groups in total. The lowest BCUT2D eigenvalue weighted by molar-refractivity contribution is -0.140. The van der Waals surface area contributed by atoms with Crippen LogP contribution in [0, 0.1) is 25.2 Å². The standard InChI is InChI=1S/C45H46ClN3O8/c1-28-35(7-4-10-39(28)40-11-5-9-38(29(40)2)33-14-12-30(13-15-33)22-49-25-37(51)19-45(54)55)27-57-43-20-42(56-26-32-16-31(21-47)23-48-24-32)34(17-41(43)46)6-3-8-36(50)18-44(52)53/h4-5,7,9-17,20,23-24,36-37,49-51H,3,6,8,18-19,22,25-27H2,1-2H3,(H,52,53)(H,54,55)/t36-,37+/m1/s1. The number of aliphatic hydroxyl groups excluding tert-OH is 2. The highest BCUT2D eigenvalue weighted by atomic mass is 35.5. The van der Waals surface area contributed by atoms with Gasteiger partial charge in [0, 0.05) is 37.1 Å². The molecule has 57 heavy (non-hydrogen) atoms. The Bertz CT molecular complexity index is 2220. The maximum absolute atomic E-state index is 11.0. The SMILES string of the molecule is Cc1c(COc2cc(OCc3cncc(C#N)c3)c(CCC[C@@H](O)CC(=O)O)cc2Cl)cccc1-c1cccc(-c2ccc(CNC[C@@H](O)CC(=O)O)cc2)c1C. The summed E-state index contributed by atoms with van der Waals surface area (Å²) in [5, 5.41) is 50.6. The van der Waals surface area contributed by atoms with Gasteiger partial charge in [0.2, 0.25) is 0 Å². The number of carbonyl (C=O) groups is 2. The van der Waals surface area contributed by atoms with Gasteiger partial charge in [0.25, 0.3) is 0 Å². The number of carboxylic acids is 2. The Morgan fingerprint density at radius 3 is 2.18 bits per heavy atom. The summed E-state index contributed by atoms with van der Waals surface area (Å²) in [5.41, 5.74) is 10.4. The van der Waals surface area contributed by atoms with Crippen molar-refractivity contribution in [2.45, 2.75) is 77.9 Å². The summed E-state index contributed by atoms with van der Waals surface area (Å²) < 4.78 is 12.6. The zero-order valence-electron chi connectivity index (χ0n) is 31.9. The van der Waals surface area contributed by atoms with Gasteiger partial charge in [-0.05, 0) is 95.3 Å². The molecule has 4 aromatic carbocycles. The number of nitriles is 1. The van der Waals surface area contributed by atoms with E-state index in [0.717, 1.165) is 50.1 Å². The van der Waals surface area contributed by atoms with E-state index in [1.54, 1.807) is 24.4 Å². The van der Waals surface area contributed by atoms with Gasteiger partial charge < -0.3 is 35.2 Å². The number of aryl methyl sites for hydroxylation is 1. The lowest BCUT2D eigenvalue weighted by Gasteiger charge is -2.18. The fraction of sp³-hybridized carbons (Fsp3) is 0.289. The summed E-state index contributed by atoms with van der Waals surface area (Å²) in [6.07, 6.45) is 1.84. The predicted octanol–water partition coefficient (Wildman–Crippen LogP) is 7.80. The van der Waals surface area contributed by atoms with Crippen LogP contribution in [-0.4, -0.2) is 56.1 Å². The number of carboxylic acid groups (broad SMARTS) is 2. The molecule has 0 fully saturated rings. The van der Waals surface area contributed by atoms with Crippen LogP contribution >= 0.6 is 11.6 Å². The molecule has 0 amide bonds. The Labute approximate surface area is 337 Å².